The normalized spacial score (nSPS) is 14.4. The van der Waals surface area contributed by atoms with E-state index in [1.807, 2.05) is 36.4 Å². The van der Waals surface area contributed by atoms with Crippen LogP contribution in [0, 0.1) is 0 Å². The Bertz CT molecular complexity index is 697. The first kappa shape index (κ1) is 17.8. The van der Waals surface area contributed by atoms with Gasteiger partial charge in [0.1, 0.15) is 0 Å². The summed E-state index contributed by atoms with van der Waals surface area (Å²) in [5, 5.41) is 3.69. The minimum Gasteiger partial charge on any atom is -0.378 e. The molecule has 1 saturated heterocycles. The van der Waals surface area contributed by atoms with Crippen LogP contribution in [0.5, 0.6) is 0 Å². The van der Waals surface area contributed by atoms with Gasteiger partial charge in [0.25, 0.3) is 0 Å². The number of amides is 1. The van der Waals surface area contributed by atoms with Gasteiger partial charge in [0.15, 0.2) is 0 Å². The smallest absolute Gasteiger partial charge is 0.224 e. The zero-order chi connectivity index (χ0) is 17.5. The number of carbonyl (C=O) groups excluding carboxylic acids is 1. The molecule has 0 unspecified atom stereocenters. The van der Waals surface area contributed by atoms with E-state index in [1.165, 1.54) is 5.69 Å². The summed E-state index contributed by atoms with van der Waals surface area (Å²) in [6.45, 7) is 4.01. The quantitative estimate of drug-likeness (QED) is 0.862. The molecule has 1 aliphatic heterocycles. The first-order chi connectivity index (χ1) is 12.2. The van der Waals surface area contributed by atoms with E-state index in [0.29, 0.717) is 13.0 Å². The second-order valence-electron chi connectivity index (χ2n) is 6.17. The second kappa shape index (κ2) is 8.88. The molecule has 25 heavy (non-hydrogen) atoms. The third-order valence-corrected chi connectivity index (χ3v) is 4.54. The number of rotatable bonds is 6. The van der Waals surface area contributed by atoms with Gasteiger partial charge in [-0.1, -0.05) is 35.9 Å². The molecule has 2 aromatic rings. The number of nitrogens with zero attached hydrogens (tertiary/aromatic N) is 1. The molecule has 132 valence electrons. The molecule has 5 heteroatoms. The Morgan fingerprint density at radius 3 is 2.56 bits per heavy atom. The Morgan fingerprint density at radius 1 is 1.08 bits per heavy atom. The van der Waals surface area contributed by atoms with Gasteiger partial charge in [0, 0.05) is 30.3 Å². The van der Waals surface area contributed by atoms with E-state index < -0.39 is 0 Å². The highest BCUT2D eigenvalue weighted by Gasteiger charge is 2.11. The second-order valence-corrected chi connectivity index (χ2v) is 6.61. The summed E-state index contributed by atoms with van der Waals surface area (Å²) in [6.07, 6.45) is 1.18. The summed E-state index contributed by atoms with van der Waals surface area (Å²) in [7, 11) is 0. The highest BCUT2D eigenvalue weighted by molar-refractivity contribution is 6.30. The van der Waals surface area contributed by atoms with Crippen LogP contribution in [0.4, 0.5) is 5.69 Å². The van der Waals surface area contributed by atoms with Gasteiger partial charge in [-0.2, -0.15) is 0 Å². The average molecular weight is 359 g/mol. The monoisotopic (exact) mass is 358 g/mol. The molecule has 4 nitrogen and oxygen atoms in total. The highest BCUT2D eigenvalue weighted by atomic mass is 35.5. The fourth-order valence-corrected chi connectivity index (χ4v) is 3.15. The maximum Gasteiger partial charge on any atom is 0.224 e. The van der Waals surface area contributed by atoms with Crippen molar-refractivity contribution >= 4 is 23.2 Å². The predicted octanol–water partition coefficient (Wildman–Crippen LogP) is 3.08. The van der Waals surface area contributed by atoms with Crippen molar-refractivity contribution in [2.45, 2.75) is 12.8 Å². The molecule has 1 amide bonds. The molecule has 1 aliphatic rings. The van der Waals surface area contributed by atoms with Gasteiger partial charge in [0.2, 0.25) is 5.91 Å². The molecule has 3 rings (SSSR count). The molecule has 1 heterocycles. The summed E-state index contributed by atoms with van der Waals surface area (Å²) in [5.74, 6) is 0.0427. The Hall–Kier alpha value is -2.04. The lowest BCUT2D eigenvalue weighted by Gasteiger charge is -2.28. The van der Waals surface area contributed by atoms with Gasteiger partial charge in [-0.05, 0) is 41.8 Å². The maximum absolute atomic E-state index is 12.1. The molecule has 1 N–H and O–H groups in total. The van der Waals surface area contributed by atoms with Gasteiger partial charge in [-0.25, -0.2) is 0 Å². The molecule has 0 saturated carbocycles. The molecular weight excluding hydrogens is 336 g/mol. The Balaban J connectivity index is 1.44. The van der Waals surface area contributed by atoms with Gasteiger partial charge in [-0.15, -0.1) is 0 Å². The van der Waals surface area contributed by atoms with Gasteiger partial charge in [-0.3, -0.25) is 4.79 Å². The van der Waals surface area contributed by atoms with Crippen LogP contribution in [0.1, 0.15) is 11.1 Å². The molecule has 1 fully saturated rings. The van der Waals surface area contributed by atoms with Crippen LogP contribution in [0.25, 0.3) is 0 Å². The van der Waals surface area contributed by atoms with Crippen molar-refractivity contribution in [2.24, 2.45) is 0 Å². The minimum absolute atomic E-state index is 0.0427. The van der Waals surface area contributed by atoms with Crippen LogP contribution in [0.2, 0.25) is 5.02 Å². The highest BCUT2D eigenvalue weighted by Crippen LogP contribution is 2.17. The number of hydrogen-bond acceptors (Lipinski definition) is 3. The lowest BCUT2D eigenvalue weighted by atomic mass is 10.1. The van der Waals surface area contributed by atoms with Crippen molar-refractivity contribution in [3.63, 3.8) is 0 Å². The zero-order valence-electron chi connectivity index (χ0n) is 14.2. The molecule has 0 radical (unpaired) electrons. The standard InChI is InChI=1S/C20H23ClN2O2/c21-18-3-1-2-16(14-18)8-9-22-20(24)15-17-4-6-19(7-5-17)23-10-12-25-13-11-23/h1-7,14H,8-13,15H2,(H,22,24). The van der Waals surface area contributed by atoms with E-state index in [2.05, 4.69) is 22.3 Å². The lowest BCUT2D eigenvalue weighted by molar-refractivity contribution is -0.120. The number of morpholine rings is 1. The molecule has 0 spiro atoms. The summed E-state index contributed by atoms with van der Waals surface area (Å²) in [6, 6.07) is 15.9. The largest absolute Gasteiger partial charge is 0.378 e. The fourth-order valence-electron chi connectivity index (χ4n) is 2.93. The Morgan fingerprint density at radius 2 is 1.84 bits per heavy atom. The number of hydrogen-bond donors (Lipinski definition) is 1. The summed E-state index contributed by atoms with van der Waals surface area (Å²) < 4.78 is 5.37. The number of carbonyl (C=O) groups is 1. The number of ether oxygens (including phenoxy) is 1. The van der Waals surface area contributed by atoms with Crippen LogP contribution in [-0.2, 0) is 22.4 Å². The van der Waals surface area contributed by atoms with E-state index >= 15 is 0 Å². The Labute approximate surface area is 153 Å². The van der Waals surface area contributed by atoms with Crippen LogP contribution in [0.3, 0.4) is 0 Å². The zero-order valence-corrected chi connectivity index (χ0v) is 15.0. The van der Waals surface area contributed by atoms with Crippen LogP contribution < -0.4 is 10.2 Å². The topological polar surface area (TPSA) is 41.6 Å². The molecular formula is C20H23ClN2O2. The first-order valence-corrected chi connectivity index (χ1v) is 9.01. The van der Waals surface area contributed by atoms with E-state index in [-0.39, 0.29) is 5.91 Å². The summed E-state index contributed by atoms with van der Waals surface area (Å²) in [4.78, 5) is 14.4. The van der Waals surface area contributed by atoms with Crippen LogP contribution in [0.15, 0.2) is 48.5 Å². The maximum atomic E-state index is 12.1. The molecule has 0 atom stereocenters. The lowest BCUT2D eigenvalue weighted by Crippen LogP contribution is -2.36. The molecule has 0 aliphatic carbocycles. The van der Waals surface area contributed by atoms with Crippen molar-refractivity contribution in [1.29, 1.82) is 0 Å². The number of halogens is 1. The Kier molecular flexibility index (Phi) is 6.31. The van der Waals surface area contributed by atoms with Crippen molar-refractivity contribution in [2.75, 3.05) is 37.7 Å². The SMILES string of the molecule is O=C(Cc1ccc(N2CCOCC2)cc1)NCCc1cccc(Cl)c1. The van der Waals surface area contributed by atoms with Crippen LogP contribution >= 0.6 is 11.6 Å². The molecule has 0 aromatic heterocycles. The van der Waals surface area contributed by atoms with Gasteiger partial charge < -0.3 is 15.0 Å². The van der Waals surface area contributed by atoms with Crippen molar-refractivity contribution in [1.82, 2.24) is 5.32 Å². The molecule has 2 aromatic carbocycles. The number of anilines is 1. The average Bonchev–Trinajstić information content (AvgIpc) is 2.63. The number of benzene rings is 2. The van der Waals surface area contributed by atoms with Crippen molar-refractivity contribution in [3.05, 3.63) is 64.7 Å². The van der Waals surface area contributed by atoms with Crippen molar-refractivity contribution in [3.8, 4) is 0 Å². The summed E-state index contributed by atoms with van der Waals surface area (Å²) >= 11 is 5.96. The van der Waals surface area contributed by atoms with Gasteiger partial charge >= 0.3 is 0 Å². The summed E-state index contributed by atoms with van der Waals surface area (Å²) in [5.41, 5.74) is 3.34. The van der Waals surface area contributed by atoms with Gasteiger partial charge in [0.05, 0.1) is 19.6 Å². The number of nitrogens with one attached hydrogen (secondary N) is 1. The molecule has 0 bridgehead atoms. The minimum atomic E-state index is 0.0427. The first-order valence-electron chi connectivity index (χ1n) is 8.63. The third-order valence-electron chi connectivity index (χ3n) is 4.30. The fraction of sp³-hybridized carbons (Fsp3) is 0.350. The van der Waals surface area contributed by atoms with Crippen molar-refractivity contribution < 1.29 is 9.53 Å². The van der Waals surface area contributed by atoms with E-state index in [0.717, 1.165) is 48.9 Å². The van der Waals surface area contributed by atoms with Crippen LogP contribution in [-0.4, -0.2) is 38.8 Å². The predicted molar refractivity (Wildman–Crippen MR) is 101 cm³/mol. The van der Waals surface area contributed by atoms with E-state index in [4.69, 9.17) is 16.3 Å². The van der Waals surface area contributed by atoms with E-state index in [9.17, 15) is 4.79 Å². The third kappa shape index (κ3) is 5.48. The van der Waals surface area contributed by atoms with E-state index in [1.54, 1.807) is 0 Å².